The number of thiazole rings is 2. The number of H-pyrrole nitrogens is 2. The van der Waals surface area contributed by atoms with E-state index in [1.807, 2.05) is 116 Å². The van der Waals surface area contributed by atoms with Gasteiger partial charge in [-0.25, -0.2) is 14.8 Å². The summed E-state index contributed by atoms with van der Waals surface area (Å²) in [6, 6.07) is 31.8. The standard InChI is InChI=1S/C31H33N5O2S.C25H19N3O3S/c1-5-36(6-2)15-14-32-30(38)28-19(3)26(33-20(28)4)17-24-23-16-22(12-13-25(23)34-29(24)37)27-18-39-31(35-27)21-10-8-7-9-11-21;1-13-20(26-14(2)22(13)25(30)31)11-18-17-10-16(8-9-19(17)27-23(18)29)21-12-32-24(28-21)15-6-4-3-5-7-15/h7-13,16-18,33H,5-6,14-15H2,1-4H3,(H,32,38)(H,34,37);3-12,26H,1-2H3,(H,27,29)(H,30,31)/b24-17-;18-11-. The predicted molar refractivity (Wildman–Crippen MR) is 287 cm³/mol. The molecule has 8 aromatic rings. The quantitative estimate of drug-likeness (QED) is 0.0616. The molecule has 10 rings (SSSR count). The Hall–Kier alpha value is -7.98. The van der Waals surface area contributed by atoms with E-state index in [0.717, 1.165) is 103 Å². The van der Waals surface area contributed by atoms with Crippen molar-refractivity contribution >= 4 is 81.0 Å². The minimum absolute atomic E-state index is 0.102. The van der Waals surface area contributed by atoms with Gasteiger partial charge >= 0.3 is 5.97 Å². The van der Waals surface area contributed by atoms with E-state index >= 15 is 0 Å². The number of nitrogens with zero attached hydrogens (tertiary/aromatic N) is 3. The van der Waals surface area contributed by atoms with Crippen LogP contribution in [0.2, 0.25) is 0 Å². The van der Waals surface area contributed by atoms with Crippen molar-refractivity contribution in [2.75, 3.05) is 36.8 Å². The highest BCUT2D eigenvalue weighted by Crippen LogP contribution is 2.40. The molecule has 0 spiro atoms. The van der Waals surface area contributed by atoms with Gasteiger partial charge in [0.2, 0.25) is 0 Å². The Labute approximate surface area is 419 Å². The third-order valence-corrected chi connectivity index (χ3v) is 14.6. The highest BCUT2D eigenvalue weighted by Gasteiger charge is 2.28. The van der Waals surface area contributed by atoms with Crippen LogP contribution in [0.3, 0.4) is 0 Å². The number of benzene rings is 4. The van der Waals surface area contributed by atoms with Crippen molar-refractivity contribution in [2.45, 2.75) is 41.5 Å². The number of amides is 3. The molecule has 0 atom stereocenters. The fourth-order valence-electron chi connectivity index (χ4n) is 8.96. The van der Waals surface area contributed by atoms with E-state index in [0.29, 0.717) is 40.2 Å². The molecule has 0 unspecified atom stereocenters. The Balaban J connectivity index is 0.000000179. The van der Waals surface area contributed by atoms with E-state index in [2.05, 4.69) is 56.8 Å². The lowest BCUT2D eigenvalue weighted by atomic mass is 10.0. The second-order valence-electron chi connectivity index (χ2n) is 17.3. The molecule has 0 radical (unpaired) electrons. The van der Waals surface area contributed by atoms with Crippen molar-refractivity contribution in [3.8, 4) is 43.7 Å². The van der Waals surface area contributed by atoms with Gasteiger partial charge in [-0.05, 0) is 88.3 Å². The van der Waals surface area contributed by atoms with Gasteiger partial charge in [-0.2, -0.15) is 0 Å². The zero-order valence-corrected chi connectivity index (χ0v) is 41.7. The maximum absolute atomic E-state index is 13.0. The van der Waals surface area contributed by atoms with Crippen LogP contribution in [-0.4, -0.2) is 79.8 Å². The maximum Gasteiger partial charge on any atom is 0.337 e. The number of carbonyl (C=O) groups excluding carboxylic acids is 3. The van der Waals surface area contributed by atoms with Crippen molar-refractivity contribution in [3.05, 3.63) is 164 Å². The lowest BCUT2D eigenvalue weighted by Gasteiger charge is -2.18. The van der Waals surface area contributed by atoms with E-state index in [4.69, 9.17) is 9.97 Å². The molecular formula is C56H52N8O5S2. The lowest BCUT2D eigenvalue weighted by Crippen LogP contribution is -2.35. The summed E-state index contributed by atoms with van der Waals surface area (Å²) in [6.45, 7) is 14.8. The number of hydrogen-bond donors (Lipinski definition) is 6. The van der Waals surface area contributed by atoms with Crippen molar-refractivity contribution in [1.82, 2.24) is 30.2 Å². The minimum Gasteiger partial charge on any atom is -0.478 e. The smallest absolute Gasteiger partial charge is 0.337 e. The van der Waals surface area contributed by atoms with Crippen molar-refractivity contribution < 1.29 is 24.3 Å². The van der Waals surface area contributed by atoms with Crippen LogP contribution in [0.15, 0.2) is 108 Å². The number of carboxylic acid groups (broad SMARTS) is 1. The summed E-state index contributed by atoms with van der Waals surface area (Å²) in [5.41, 5.74) is 14.9. The number of aromatic amines is 2. The van der Waals surface area contributed by atoms with E-state index in [1.54, 1.807) is 42.6 Å². The summed E-state index contributed by atoms with van der Waals surface area (Å²) < 4.78 is 0. The first-order valence-corrected chi connectivity index (χ1v) is 25.1. The van der Waals surface area contributed by atoms with E-state index in [1.165, 1.54) is 0 Å². The summed E-state index contributed by atoms with van der Waals surface area (Å²) in [5, 5.41) is 24.3. The minimum atomic E-state index is -0.989. The second kappa shape index (κ2) is 20.5. The molecule has 2 aliphatic rings. The molecule has 6 N–H and O–H groups in total. The topological polar surface area (TPSA) is 185 Å². The number of carbonyl (C=O) groups is 4. The molecule has 6 heterocycles. The Morgan fingerprint density at radius 1 is 0.634 bits per heavy atom. The average Bonchev–Trinajstić information content (AvgIpc) is 4.24. The molecule has 0 saturated carbocycles. The van der Waals surface area contributed by atoms with Crippen LogP contribution in [0.25, 0.3) is 67.0 Å². The molecule has 4 aromatic heterocycles. The monoisotopic (exact) mass is 980 g/mol. The van der Waals surface area contributed by atoms with Crippen LogP contribution in [0.1, 0.15) is 79.6 Å². The van der Waals surface area contributed by atoms with Crippen LogP contribution < -0.4 is 16.0 Å². The number of anilines is 2. The van der Waals surface area contributed by atoms with Gasteiger partial charge in [0.25, 0.3) is 17.7 Å². The van der Waals surface area contributed by atoms with Crippen LogP contribution in [0.5, 0.6) is 0 Å². The number of rotatable bonds is 13. The number of likely N-dealkylation sites (N-methyl/N-ethyl adjacent to an activating group) is 1. The van der Waals surface area contributed by atoms with Crippen LogP contribution >= 0.6 is 22.7 Å². The number of aromatic carboxylic acids is 1. The van der Waals surface area contributed by atoms with Crippen LogP contribution in [0.4, 0.5) is 11.4 Å². The number of hydrogen-bond acceptors (Lipinski definition) is 9. The summed E-state index contributed by atoms with van der Waals surface area (Å²) >= 11 is 3.17. The molecule has 0 aliphatic carbocycles. The summed E-state index contributed by atoms with van der Waals surface area (Å²) in [4.78, 5) is 68.5. The molecule has 15 heteroatoms. The third-order valence-electron chi connectivity index (χ3n) is 12.8. The fraction of sp³-hybridized carbons (Fsp3) is 0.179. The molecular weight excluding hydrogens is 929 g/mol. The number of aryl methyl sites for hydroxylation is 2. The number of aromatic nitrogens is 4. The van der Waals surface area contributed by atoms with E-state index in [-0.39, 0.29) is 23.3 Å². The van der Waals surface area contributed by atoms with Gasteiger partial charge in [0.15, 0.2) is 0 Å². The normalized spacial score (nSPS) is 13.8. The second-order valence-corrected chi connectivity index (χ2v) is 19.0. The zero-order valence-electron chi connectivity index (χ0n) is 40.1. The fourth-order valence-corrected chi connectivity index (χ4v) is 10.6. The summed E-state index contributed by atoms with van der Waals surface area (Å²) in [5.74, 6) is -1.47. The number of nitrogens with one attached hydrogen (secondary N) is 5. The Kier molecular flexibility index (Phi) is 13.9. The largest absolute Gasteiger partial charge is 0.478 e. The SMILES string of the molecule is CCN(CC)CCNC(=O)c1c(C)[nH]c(/C=C2\C(=O)Nc3ccc(-c4csc(-c5ccccc5)n4)cc32)c1C.Cc1[nH]c(/C=C2\C(=O)Nc3ccc(-c4csc(-c5ccccc5)n4)cc32)c(C)c1C(=O)O. The molecule has 71 heavy (non-hydrogen) atoms. The van der Waals surface area contributed by atoms with Gasteiger partial charge in [0.1, 0.15) is 10.0 Å². The van der Waals surface area contributed by atoms with Crippen molar-refractivity contribution in [2.24, 2.45) is 0 Å². The summed E-state index contributed by atoms with van der Waals surface area (Å²) in [7, 11) is 0. The van der Waals surface area contributed by atoms with E-state index < -0.39 is 5.97 Å². The molecule has 2 aliphatic heterocycles. The van der Waals surface area contributed by atoms with Crippen LogP contribution in [-0.2, 0) is 9.59 Å². The molecule has 0 fully saturated rings. The maximum atomic E-state index is 13.0. The van der Waals surface area contributed by atoms with Crippen LogP contribution in [0, 0.1) is 27.7 Å². The van der Waals surface area contributed by atoms with Crippen molar-refractivity contribution in [3.63, 3.8) is 0 Å². The van der Waals surface area contributed by atoms with Gasteiger partial charge in [0.05, 0.1) is 33.7 Å². The lowest BCUT2D eigenvalue weighted by molar-refractivity contribution is -0.111. The Morgan fingerprint density at radius 3 is 1.52 bits per heavy atom. The first-order chi connectivity index (χ1) is 34.3. The Bertz CT molecular complexity index is 3410. The molecule has 3 amide bonds. The number of fused-ring (bicyclic) bond motifs is 2. The van der Waals surface area contributed by atoms with E-state index in [9.17, 15) is 24.3 Å². The number of carboxylic acids is 1. The first-order valence-electron chi connectivity index (χ1n) is 23.3. The molecule has 358 valence electrons. The molecule has 13 nitrogen and oxygen atoms in total. The Morgan fingerprint density at radius 2 is 1.08 bits per heavy atom. The highest BCUT2D eigenvalue weighted by atomic mass is 32.1. The van der Waals surface area contributed by atoms with Gasteiger partial charge in [-0.3, -0.25) is 14.4 Å². The molecule has 0 saturated heterocycles. The average molecular weight is 981 g/mol. The first kappa shape index (κ1) is 48.1. The summed E-state index contributed by atoms with van der Waals surface area (Å²) in [6.07, 6.45) is 3.56. The van der Waals surface area contributed by atoms with Gasteiger partial charge in [-0.1, -0.05) is 86.6 Å². The predicted octanol–water partition coefficient (Wildman–Crippen LogP) is 11.6. The third kappa shape index (κ3) is 9.93. The zero-order chi connectivity index (χ0) is 49.9. The van der Waals surface area contributed by atoms with Gasteiger partial charge in [-0.15, -0.1) is 22.7 Å². The molecule has 0 bridgehead atoms. The van der Waals surface area contributed by atoms with Gasteiger partial charge < -0.3 is 35.9 Å². The highest BCUT2D eigenvalue weighted by molar-refractivity contribution is 7.13. The van der Waals surface area contributed by atoms with Crippen molar-refractivity contribution in [1.29, 1.82) is 0 Å². The van der Waals surface area contributed by atoms with Gasteiger partial charge in [0, 0.05) is 91.4 Å². The molecule has 4 aromatic carbocycles.